The van der Waals surface area contributed by atoms with Crippen molar-refractivity contribution in [3.8, 4) is 0 Å². The van der Waals surface area contributed by atoms with Gasteiger partial charge < -0.3 is 4.74 Å². The summed E-state index contributed by atoms with van der Waals surface area (Å²) in [5.74, 6) is 0. The van der Waals surface area contributed by atoms with Gasteiger partial charge in [0.2, 0.25) is 0 Å². The molecule has 0 bridgehead atoms. The smallest absolute Gasteiger partial charge is 0.0585 e. The van der Waals surface area contributed by atoms with E-state index >= 15 is 0 Å². The first kappa shape index (κ1) is 12.0. The molecular formula is C13H26O. The van der Waals surface area contributed by atoms with Crippen LogP contribution in [0.25, 0.3) is 0 Å². The second-order valence-corrected chi connectivity index (χ2v) is 6.41. The Balaban J connectivity index is 2.53. The molecule has 84 valence electrons. The molecule has 0 spiro atoms. The predicted octanol–water partition coefficient (Wildman–Crippen LogP) is 4.02. The molecule has 0 heterocycles. The Morgan fingerprint density at radius 3 is 2.00 bits per heavy atom. The maximum absolute atomic E-state index is 5.90. The van der Waals surface area contributed by atoms with Crippen LogP contribution < -0.4 is 0 Å². The average Bonchev–Trinajstić information content (AvgIpc) is 1.94. The van der Waals surface area contributed by atoms with Crippen LogP contribution in [0, 0.1) is 10.8 Å². The zero-order valence-corrected chi connectivity index (χ0v) is 10.5. The third kappa shape index (κ3) is 3.61. The van der Waals surface area contributed by atoms with Gasteiger partial charge in [-0.1, -0.05) is 34.6 Å². The minimum atomic E-state index is 0.458. The molecule has 0 atom stereocenters. The van der Waals surface area contributed by atoms with E-state index in [9.17, 15) is 0 Å². The summed E-state index contributed by atoms with van der Waals surface area (Å²) in [5.41, 5.74) is 0.917. The molecule has 1 fully saturated rings. The largest absolute Gasteiger partial charge is 0.378 e. The molecule has 1 aliphatic carbocycles. The fraction of sp³-hybridized carbons (Fsp3) is 1.00. The summed E-state index contributed by atoms with van der Waals surface area (Å²) in [6.45, 7) is 12.6. The minimum Gasteiger partial charge on any atom is -0.378 e. The first-order valence-electron chi connectivity index (χ1n) is 5.96. The summed E-state index contributed by atoms with van der Waals surface area (Å²) in [5, 5.41) is 0. The van der Waals surface area contributed by atoms with Gasteiger partial charge in [0.25, 0.3) is 0 Å². The van der Waals surface area contributed by atoms with Crippen LogP contribution in [0.1, 0.15) is 60.3 Å². The fourth-order valence-electron chi connectivity index (χ4n) is 3.15. The van der Waals surface area contributed by atoms with Crippen molar-refractivity contribution in [2.45, 2.75) is 66.4 Å². The summed E-state index contributed by atoms with van der Waals surface area (Å²) in [6, 6.07) is 0. The molecule has 0 aliphatic heterocycles. The normalized spacial score (nSPS) is 26.4. The van der Waals surface area contributed by atoms with Gasteiger partial charge in [-0.3, -0.25) is 0 Å². The maximum atomic E-state index is 5.90. The van der Waals surface area contributed by atoms with Gasteiger partial charge in [-0.2, -0.15) is 0 Å². The molecule has 1 aliphatic rings. The number of ether oxygens (including phenoxy) is 1. The first-order chi connectivity index (χ1) is 6.35. The van der Waals surface area contributed by atoms with Crippen molar-refractivity contribution >= 4 is 0 Å². The van der Waals surface area contributed by atoms with E-state index in [-0.39, 0.29) is 0 Å². The highest BCUT2D eigenvalue weighted by atomic mass is 16.5. The molecule has 14 heavy (non-hydrogen) atoms. The Kier molecular flexibility index (Phi) is 3.63. The number of hydrogen-bond donors (Lipinski definition) is 0. The van der Waals surface area contributed by atoms with Gasteiger partial charge in [-0.25, -0.2) is 0 Å². The first-order valence-corrected chi connectivity index (χ1v) is 5.96. The monoisotopic (exact) mass is 198 g/mol. The quantitative estimate of drug-likeness (QED) is 0.665. The Hall–Kier alpha value is -0.0400. The highest BCUT2D eigenvalue weighted by Gasteiger charge is 2.38. The zero-order chi connectivity index (χ0) is 10.8. The molecular weight excluding hydrogens is 172 g/mol. The van der Waals surface area contributed by atoms with Crippen LogP contribution >= 0.6 is 0 Å². The summed E-state index contributed by atoms with van der Waals surface area (Å²) in [7, 11) is 0. The molecule has 0 amide bonds. The number of rotatable bonds is 3. The molecule has 0 aromatic carbocycles. The van der Waals surface area contributed by atoms with Gasteiger partial charge in [-0.15, -0.1) is 0 Å². The Labute approximate surface area is 89.2 Å². The molecule has 1 saturated carbocycles. The van der Waals surface area contributed by atoms with E-state index in [1.165, 1.54) is 19.3 Å². The van der Waals surface area contributed by atoms with Crippen LogP contribution in [-0.4, -0.2) is 12.7 Å². The lowest BCUT2D eigenvalue weighted by Gasteiger charge is -2.44. The lowest BCUT2D eigenvalue weighted by Crippen LogP contribution is -2.38. The van der Waals surface area contributed by atoms with Crippen molar-refractivity contribution in [2.75, 3.05) is 6.61 Å². The van der Waals surface area contributed by atoms with Crippen molar-refractivity contribution in [1.29, 1.82) is 0 Å². The van der Waals surface area contributed by atoms with Crippen LogP contribution in [0.4, 0.5) is 0 Å². The van der Waals surface area contributed by atoms with Crippen molar-refractivity contribution in [1.82, 2.24) is 0 Å². The van der Waals surface area contributed by atoms with Crippen LogP contribution in [0.2, 0.25) is 0 Å². The molecule has 0 unspecified atom stereocenters. The van der Waals surface area contributed by atoms with E-state index in [2.05, 4.69) is 34.6 Å². The van der Waals surface area contributed by atoms with E-state index in [1.807, 2.05) is 0 Å². The minimum absolute atomic E-state index is 0.458. The van der Waals surface area contributed by atoms with E-state index < -0.39 is 0 Å². The summed E-state index contributed by atoms with van der Waals surface area (Å²) in [4.78, 5) is 0. The second kappa shape index (κ2) is 4.22. The van der Waals surface area contributed by atoms with Crippen molar-refractivity contribution in [2.24, 2.45) is 10.8 Å². The topological polar surface area (TPSA) is 9.23 Å². The van der Waals surface area contributed by atoms with Crippen molar-refractivity contribution < 1.29 is 4.74 Å². The van der Waals surface area contributed by atoms with Crippen molar-refractivity contribution in [3.63, 3.8) is 0 Å². The molecule has 0 saturated heterocycles. The Bertz CT molecular complexity index is 166. The lowest BCUT2D eigenvalue weighted by atomic mass is 9.64. The van der Waals surface area contributed by atoms with Gasteiger partial charge in [-0.05, 0) is 36.5 Å². The van der Waals surface area contributed by atoms with Gasteiger partial charge in [0.1, 0.15) is 0 Å². The highest BCUT2D eigenvalue weighted by molar-refractivity contribution is 4.89. The van der Waals surface area contributed by atoms with Crippen LogP contribution in [0.15, 0.2) is 0 Å². The standard InChI is InChI=1S/C13H26O/c1-6-7-14-11-8-12(2,3)10-13(4,5)9-11/h11H,6-10H2,1-5H3. The predicted molar refractivity (Wildman–Crippen MR) is 61.4 cm³/mol. The molecule has 1 rings (SSSR count). The molecule has 1 nitrogen and oxygen atoms in total. The van der Waals surface area contributed by atoms with Gasteiger partial charge in [0, 0.05) is 6.61 Å². The van der Waals surface area contributed by atoms with Gasteiger partial charge in [0.05, 0.1) is 6.10 Å². The van der Waals surface area contributed by atoms with Crippen LogP contribution in [-0.2, 0) is 4.74 Å². The van der Waals surface area contributed by atoms with E-state index in [1.54, 1.807) is 0 Å². The molecule has 0 aromatic heterocycles. The summed E-state index contributed by atoms with van der Waals surface area (Å²) < 4.78 is 5.90. The zero-order valence-electron chi connectivity index (χ0n) is 10.5. The third-order valence-corrected chi connectivity index (χ3v) is 3.08. The Morgan fingerprint density at radius 1 is 1.07 bits per heavy atom. The Morgan fingerprint density at radius 2 is 1.57 bits per heavy atom. The molecule has 0 N–H and O–H groups in total. The van der Waals surface area contributed by atoms with E-state index in [0.717, 1.165) is 13.0 Å². The average molecular weight is 198 g/mol. The van der Waals surface area contributed by atoms with Crippen LogP contribution in [0.5, 0.6) is 0 Å². The molecule has 1 heteroatoms. The third-order valence-electron chi connectivity index (χ3n) is 3.08. The maximum Gasteiger partial charge on any atom is 0.0585 e. The van der Waals surface area contributed by atoms with Gasteiger partial charge >= 0.3 is 0 Å². The summed E-state index contributed by atoms with van der Waals surface area (Å²) >= 11 is 0. The number of hydrogen-bond acceptors (Lipinski definition) is 1. The van der Waals surface area contributed by atoms with E-state index in [0.29, 0.717) is 16.9 Å². The summed E-state index contributed by atoms with van der Waals surface area (Å²) in [6.07, 6.45) is 5.42. The fourth-order valence-corrected chi connectivity index (χ4v) is 3.15. The highest BCUT2D eigenvalue weighted by Crippen LogP contribution is 2.46. The molecule has 0 aromatic rings. The van der Waals surface area contributed by atoms with E-state index in [4.69, 9.17) is 4.74 Å². The van der Waals surface area contributed by atoms with Crippen molar-refractivity contribution in [3.05, 3.63) is 0 Å². The molecule has 0 radical (unpaired) electrons. The van der Waals surface area contributed by atoms with Crippen LogP contribution in [0.3, 0.4) is 0 Å². The lowest BCUT2D eigenvalue weighted by molar-refractivity contribution is -0.0485. The van der Waals surface area contributed by atoms with Gasteiger partial charge in [0.15, 0.2) is 0 Å². The second-order valence-electron chi connectivity index (χ2n) is 6.41. The SMILES string of the molecule is CCCOC1CC(C)(C)CC(C)(C)C1.